The number of carbonyl (C=O) groups is 1. The van der Waals surface area contributed by atoms with Gasteiger partial charge in [0.2, 0.25) is 0 Å². The first kappa shape index (κ1) is 14.8. The van der Waals surface area contributed by atoms with Gasteiger partial charge in [-0.15, -0.1) is 0 Å². The van der Waals surface area contributed by atoms with E-state index in [-0.39, 0.29) is 23.6 Å². The van der Waals surface area contributed by atoms with Gasteiger partial charge in [-0.05, 0) is 23.8 Å². The van der Waals surface area contributed by atoms with Crippen LogP contribution in [0.15, 0.2) is 48.5 Å². The van der Waals surface area contributed by atoms with Crippen molar-refractivity contribution in [2.45, 2.75) is 13.2 Å². The van der Waals surface area contributed by atoms with Crippen LogP contribution in [0, 0.1) is 0 Å². The van der Waals surface area contributed by atoms with Gasteiger partial charge >= 0.3 is 12.6 Å². The number of esters is 1. The first-order valence-electron chi connectivity index (χ1n) is 6.11. The Morgan fingerprint density at radius 1 is 1.14 bits per heavy atom. The highest BCUT2D eigenvalue weighted by Gasteiger charge is 2.13. The van der Waals surface area contributed by atoms with Gasteiger partial charge in [0.05, 0.1) is 11.3 Å². The summed E-state index contributed by atoms with van der Waals surface area (Å²) in [7, 11) is 0. The molecule has 4 nitrogen and oxygen atoms in total. The Morgan fingerprint density at radius 3 is 2.52 bits per heavy atom. The molecule has 0 fully saturated rings. The molecule has 0 heterocycles. The van der Waals surface area contributed by atoms with E-state index >= 15 is 0 Å². The number of rotatable bonds is 5. The summed E-state index contributed by atoms with van der Waals surface area (Å²) < 4.78 is 33.7. The molecule has 2 aromatic carbocycles. The fraction of sp³-hybridized carbons (Fsp3) is 0.133. The second-order valence-corrected chi connectivity index (χ2v) is 4.19. The number of hydrogen-bond donors (Lipinski definition) is 1. The summed E-state index contributed by atoms with van der Waals surface area (Å²) in [6.45, 7) is -2.92. The van der Waals surface area contributed by atoms with Crippen LogP contribution in [0.4, 0.5) is 14.5 Å². The number of alkyl halides is 2. The lowest BCUT2D eigenvalue weighted by atomic mass is 10.2. The number of carbonyl (C=O) groups excluding carboxylic acids is 1. The van der Waals surface area contributed by atoms with E-state index in [1.54, 1.807) is 0 Å². The zero-order valence-corrected chi connectivity index (χ0v) is 11.0. The molecule has 0 unspecified atom stereocenters. The average molecular weight is 293 g/mol. The Labute approximate surface area is 120 Å². The van der Waals surface area contributed by atoms with Crippen LogP contribution in [0.1, 0.15) is 15.9 Å². The summed E-state index contributed by atoms with van der Waals surface area (Å²) in [4.78, 5) is 11.9. The Morgan fingerprint density at radius 2 is 1.86 bits per heavy atom. The van der Waals surface area contributed by atoms with Crippen LogP contribution < -0.4 is 10.5 Å². The molecule has 0 aromatic heterocycles. The largest absolute Gasteiger partial charge is 0.457 e. The predicted molar refractivity (Wildman–Crippen MR) is 73.0 cm³/mol. The number of anilines is 1. The fourth-order valence-electron chi connectivity index (χ4n) is 1.67. The lowest BCUT2D eigenvalue weighted by molar-refractivity contribution is -0.0494. The van der Waals surface area contributed by atoms with E-state index in [4.69, 9.17) is 10.5 Å². The molecule has 0 atom stereocenters. The molecule has 6 heteroatoms. The molecule has 0 aliphatic carbocycles. The standard InChI is InChI=1S/C15H13F2NO3/c16-15(17)21-13-8-11(6-7-12(13)18)14(19)20-9-10-4-2-1-3-5-10/h1-8,15H,9,18H2. The van der Waals surface area contributed by atoms with Gasteiger partial charge in [-0.1, -0.05) is 30.3 Å². The molecule has 0 amide bonds. The van der Waals surface area contributed by atoms with Crippen molar-refractivity contribution in [3.05, 3.63) is 59.7 Å². The van der Waals surface area contributed by atoms with Gasteiger partial charge in [-0.3, -0.25) is 0 Å². The van der Waals surface area contributed by atoms with Crippen LogP contribution in [0.5, 0.6) is 5.75 Å². The van der Waals surface area contributed by atoms with Gasteiger partial charge in [0, 0.05) is 0 Å². The molecule has 0 spiro atoms. The van der Waals surface area contributed by atoms with Crippen molar-refractivity contribution in [1.29, 1.82) is 0 Å². The summed E-state index contributed by atoms with van der Waals surface area (Å²) in [6, 6.07) is 12.9. The van der Waals surface area contributed by atoms with E-state index in [1.165, 1.54) is 12.1 Å². The van der Waals surface area contributed by atoms with E-state index in [0.29, 0.717) is 0 Å². The van der Waals surface area contributed by atoms with E-state index in [1.807, 2.05) is 30.3 Å². The summed E-state index contributed by atoms with van der Waals surface area (Å²) >= 11 is 0. The highest BCUT2D eigenvalue weighted by atomic mass is 19.3. The topological polar surface area (TPSA) is 61.6 Å². The maximum absolute atomic E-state index is 12.2. The lowest BCUT2D eigenvalue weighted by Gasteiger charge is -2.10. The van der Waals surface area contributed by atoms with Crippen molar-refractivity contribution in [1.82, 2.24) is 0 Å². The third-order valence-electron chi connectivity index (χ3n) is 2.68. The number of benzene rings is 2. The molecule has 0 saturated heterocycles. The zero-order valence-electron chi connectivity index (χ0n) is 11.0. The second kappa shape index (κ2) is 6.69. The molecule has 110 valence electrons. The monoisotopic (exact) mass is 293 g/mol. The van der Waals surface area contributed by atoms with Crippen LogP contribution in [-0.2, 0) is 11.3 Å². The molecule has 0 aliphatic rings. The summed E-state index contributed by atoms with van der Waals surface area (Å²) in [5.74, 6) is -0.892. The minimum atomic E-state index is -3.01. The molecule has 0 aliphatic heterocycles. The van der Waals surface area contributed by atoms with E-state index < -0.39 is 12.6 Å². The molecule has 2 N–H and O–H groups in total. The molecule has 21 heavy (non-hydrogen) atoms. The number of halogens is 2. The molecular weight excluding hydrogens is 280 g/mol. The number of nitrogen functional groups attached to an aromatic ring is 1. The van der Waals surface area contributed by atoms with Crippen molar-refractivity contribution < 1.29 is 23.0 Å². The van der Waals surface area contributed by atoms with Crippen molar-refractivity contribution in [3.8, 4) is 5.75 Å². The van der Waals surface area contributed by atoms with Gasteiger partial charge in [-0.25, -0.2) is 4.79 Å². The van der Waals surface area contributed by atoms with Gasteiger partial charge in [0.1, 0.15) is 12.4 Å². The Bertz CT molecular complexity index is 618. The van der Waals surface area contributed by atoms with Crippen molar-refractivity contribution in [3.63, 3.8) is 0 Å². The van der Waals surface area contributed by atoms with Crippen LogP contribution in [-0.4, -0.2) is 12.6 Å². The first-order valence-corrected chi connectivity index (χ1v) is 6.11. The Kier molecular flexibility index (Phi) is 4.71. The Balaban J connectivity index is 2.05. The maximum Gasteiger partial charge on any atom is 0.387 e. The number of nitrogens with two attached hydrogens (primary N) is 1. The predicted octanol–water partition coefficient (Wildman–Crippen LogP) is 3.23. The highest BCUT2D eigenvalue weighted by molar-refractivity contribution is 5.90. The van der Waals surface area contributed by atoms with E-state index in [2.05, 4.69) is 4.74 Å². The van der Waals surface area contributed by atoms with Crippen LogP contribution in [0.2, 0.25) is 0 Å². The number of ether oxygens (including phenoxy) is 2. The summed E-state index contributed by atoms with van der Waals surface area (Å²) in [6.07, 6.45) is 0. The van der Waals surface area contributed by atoms with Gasteiger partial charge in [0.15, 0.2) is 0 Å². The molecular formula is C15H13F2NO3. The van der Waals surface area contributed by atoms with Gasteiger partial charge < -0.3 is 15.2 Å². The normalized spacial score (nSPS) is 10.4. The van der Waals surface area contributed by atoms with E-state index in [9.17, 15) is 13.6 Å². The number of hydrogen-bond acceptors (Lipinski definition) is 4. The Hall–Kier alpha value is -2.63. The molecule has 0 radical (unpaired) electrons. The zero-order chi connectivity index (χ0) is 15.2. The van der Waals surface area contributed by atoms with Crippen LogP contribution in [0.25, 0.3) is 0 Å². The third kappa shape index (κ3) is 4.17. The van der Waals surface area contributed by atoms with Crippen molar-refractivity contribution >= 4 is 11.7 Å². The third-order valence-corrected chi connectivity index (χ3v) is 2.68. The quantitative estimate of drug-likeness (QED) is 0.679. The molecule has 2 aromatic rings. The minimum absolute atomic E-state index is 0.0231. The first-order chi connectivity index (χ1) is 10.1. The van der Waals surface area contributed by atoms with Gasteiger partial charge in [0.25, 0.3) is 0 Å². The smallest absolute Gasteiger partial charge is 0.387 e. The van der Waals surface area contributed by atoms with E-state index in [0.717, 1.165) is 11.6 Å². The summed E-state index contributed by atoms with van der Waals surface area (Å²) in [5.41, 5.74) is 6.43. The van der Waals surface area contributed by atoms with Crippen LogP contribution >= 0.6 is 0 Å². The highest BCUT2D eigenvalue weighted by Crippen LogP contribution is 2.25. The van der Waals surface area contributed by atoms with Crippen molar-refractivity contribution in [2.24, 2.45) is 0 Å². The molecule has 0 saturated carbocycles. The second-order valence-electron chi connectivity index (χ2n) is 4.19. The minimum Gasteiger partial charge on any atom is -0.457 e. The summed E-state index contributed by atoms with van der Waals surface area (Å²) in [5, 5.41) is 0. The maximum atomic E-state index is 12.2. The van der Waals surface area contributed by atoms with Crippen molar-refractivity contribution in [2.75, 3.05) is 5.73 Å². The van der Waals surface area contributed by atoms with Crippen LogP contribution in [0.3, 0.4) is 0 Å². The average Bonchev–Trinajstić information content (AvgIpc) is 2.47. The SMILES string of the molecule is Nc1ccc(C(=O)OCc2ccccc2)cc1OC(F)F. The molecule has 2 rings (SSSR count). The fourth-order valence-corrected chi connectivity index (χ4v) is 1.67. The molecule has 0 bridgehead atoms. The van der Waals surface area contributed by atoms with Gasteiger partial charge in [-0.2, -0.15) is 8.78 Å². The lowest BCUT2D eigenvalue weighted by Crippen LogP contribution is -2.08.